The van der Waals surface area contributed by atoms with E-state index in [1.165, 1.54) is 22.1 Å². The van der Waals surface area contributed by atoms with Crippen LogP contribution in [0.5, 0.6) is 5.75 Å². The van der Waals surface area contributed by atoms with Gasteiger partial charge in [0, 0.05) is 25.4 Å². The number of carbonyl (C=O) groups is 1. The third kappa shape index (κ3) is 5.83. The van der Waals surface area contributed by atoms with E-state index in [2.05, 4.69) is 20.8 Å². The average Bonchev–Trinajstić information content (AvgIpc) is 3.57. The summed E-state index contributed by atoms with van der Waals surface area (Å²) in [5.74, 6) is 0.0678. The van der Waals surface area contributed by atoms with Gasteiger partial charge in [0.1, 0.15) is 10.6 Å². The van der Waals surface area contributed by atoms with Gasteiger partial charge in [-0.1, -0.05) is 11.8 Å². The summed E-state index contributed by atoms with van der Waals surface area (Å²) < 4.78 is 40.5. The molecule has 11 nitrogen and oxygen atoms in total. The number of thioether (sulfide) groups is 1. The van der Waals surface area contributed by atoms with Crippen molar-refractivity contribution in [1.82, 2.24) is 24.5 Å². The van der Waals surface area contributed by atoms with E-state index in [-0.39, 0.29) is 28.4 Å². The molecule has 1 aromatic carbocycles. The molecule has 33 heavy (non-hydrogen) atoms. The molecule has 2 aromatic rings. The SMILES string of the molecule is CCOc1ccc(NC(=O)CSc2nnnn2C[C@H]2CCCO2)cc1S(=O)(=O)N1CCCC1. The van der Waals surface area contributed by atoms with E-state index in [0.717, 1.165) is 32.3 Å². The average molecular weight is 497 g/mol. The van der Waals surface area contributed by atoms with Gasteiger partial charge in [0.25, 0.3) is 0 Å². The first kappa shape index (κ1) is 23.9. The summed E-state index contributed by atoms with van der Waals surface area (Å²) in [5.41, 5.74) is 0.390. The molecular weight excluding hydrogens is 468 g/mol. The Kier molecular flexibility index (Phi) is 7.83. The Morgan fingerprint density at radius 2 is 2.12 bits per heavy atom. The van der Waals surface area contributed by atoms with Gasteiger partial charge < -0.3 is 14.8 Å². The van der Waals surface area contributed by atoms with Crippen LogP contribution in [0.25, 0.3) is 0 Å². The van der Waals surface area contributed by atoms with Crippen LogP contribution in [-0.2, 0) is 26.1 Å². The van der Waals surface area contributed by atoms with Gasteiger partial charge in [-0.05, 0) is 61.2 Å². The van der Waals surface area contributed by atoms with E-state index in [1.807, 2.05) is 0 Å². The first-order valence-corrected chi connectivity index (χ1v) is 13.5. The molecule has 0 unspecified atom stereocenters. The Bertz CT molecular complexity index is 1060. The Morgan fingerprint density at radius 1 is 1.30 bits per heavy atom. The minimum Gasteiger partial charge on any atom is -0.492 e. The fourth-order valence-corrected chi connectivity index (χ4v) is 6.21. The zero-order valence-electron chi connectivity index (χ0n) is 18.5. The second-order valence-corrected chi connectivity index (χ2v) is 10.7. The highest BCUT2D eigenvalue weighted by atomic mass is 32.2. The van der Waals surface area contributed by atoms with Gasteiger partial charge in [0.05, 0.1) is 25.0 Å². The number of tetrazole rings is 1. The third-order valence-corrected chi connectivity index (χ3v) is 8.32. The van der Waals surface area contributed by atoms with Crippen LogP contribution in [0.4, 0.5) is 5.69 Å². The van der Waals surface area contributed by atoms with Crippen LogP contribution < -0.4 is 10.1 Å². The highest BCUT2D eigenvalue weighted by molar-refractivity contribution is 7.99. The number of nitrogens with zero attached hydrogens (tertiary/aromatic N) is 5. The Labute approximate surface area is 197 Å². The molecular formula is C20H28N6O5S2. The number of benzene rings is 1. The summed E-state index contributed by atoms with van der Waals surface area (Å²) in [7, 11) is -3.70. The number of sulfonamides is 1. The Morgan fingerprint density at radius 3 is 2.85 bits per heavy atom. The first-order valence-electron chi connectivity index (χ1n) is 11.0. The summed E-state index contributed by atoms with van der Waals surface area (Å²) in [6.45, 7) is 4.41. The lowest BCUT2D eigenvalue weighted by molar-refractivity contribution is -0.113. The summed E-state index contributed by atoms with van der Waals surface area (Å²) >= 11 is 1.21. The van der Waals surface area contributed by atoms with Crippen molar-refractivity contribution in [3.63, 3.8) is 0 Å². The van der Waals surface area contributed by atoms with Crippen molar-refractivity contribution >= 4 is 33.4 Å². The lowest BCUT2D eigenvalue weighted by Crippen LogP contribution is -2.28. The Hall–Kier alpha value is -2.22. The molecule has 180 valence electrons. The van der Waals surface area contributed by atoms with Crippen LogP contribution in [-0.4, -0.2) is 77.0 Å². The van der Waals surface area contributed by atoms with E-state index >= 15 is 0 Å². The molecule has 0 radical (unpaired) electrons. The van der Waals surface area contributed by atoms with E-state index in [4.69, 9.17) is 9.47 Å². The molecule has 0 spiro atoms. The molecule has 2 aliphatic rings. The summed E-state index contributed by atoms with van der Waals surface area (Å²) in [6, 6.07) is 4.68. The van der Waals surface area contributed by atoms with Crippen molar-refractivity contribution < 1.29 is 22.7 Å². The number of rotatable bonds is 10. The molecule has 0 aliphatic carbocycles. The molecule has 4 rings (SSSR count). The second kappa shape index (κ2) is 10.8. The lowest BCUT2D eigenvalue weighted by atomic mass is 10.2. The maximum atomic E-state index is 13.1. The van der Waals surface area contributed by atoms with Gasteiger partial charge in [-0.25, -0.2) is 13.1 Å². The van der Waals surface area contributed by atoms with E-state index in [1.54, 1.807) is 23.7 Å². The highest BCUT2D eigenvalue weighted by Gasteiger charge is 2.30. The highest BCUT2D eigenvalue weighted by Crippen LogP contribution is 2.32. The van der Waals surface area contributed by atoms with Gasteiger partial charge in [-0.2, -0.15) is 4.31 Å². The van der Waals surface area contributed by atoms with Crippen LogP contribution in [0.2, 0.25) is 0 Å². The maximum Gasteiger partial charge on any atom is 0.246 e. The summed E-state index contributed by atoms with van der Waals surface area (Å²) in [5, 5.41) is 15.0. The minimum absolute atomic E-state index is 0.0669. The number of anilines is 1. The molecule has 0 bridgehead atoms. The van der Waals surface area contributed by atoms with Gasteiger partial charge in [0.15, 0.2) is 0 Å². The maximum absolute atomic E-state index is 13.1. The molecule has 1 N–H and O–H groups in total. The number of hydrogen-bond acceptors (Lipinski definition) is 9. The zero-order valence-corrected chi connectivity index (χ0v) is 20.1. The largest absolute Gasteiger partial charge is 0.492 e. The molecule has 2 fully saturated rings. The topological polar surface area (TPSA) is 129 Å². The third-order valence-electron chi connectivity index (χ3n) is 5.44. The van der Waals surface area contributed by atoms with Crippen molar-refractivity contribution in [1.29, 1.82) is 0 Å². The fraction of sp³-hybridized carbons (Fsp3) is 0.600. The van der Waals surface area contributed by atoms with Crippen molar-refractivity contribution in [2.45, 2.75) is 55.3 Å². The molecule has 2 saturated heterocycles. The molecule has 2 aliphatic heterocycles. The molecule has 0 saturated carbocycles. The van der Waals surface area contributed by atoms with Crippen molar-refractivity contribution in [2.75, 3.05) is 37.4 Å². The normalized spacial score (nSPS) is 19.1. The quantitative estimate of drug-likeness (QED) is 0.489. The monoisotopic (exact) mass is 496 g/mol. The van der Waals surface area contributed by atoms with Gasteiger partial charge in [-0.3, -0.25) is 4.79 Å². The predicted molar refractivity (Wildman–Crippen MR) is 122 cm³/mol. The smallest absolute Gasteiger partial charge is 0.246 e. The molecule has 13 heteroatoms. The molecule has 1 atom stereocenters. The van der Waals surface area contributed by atoms with Crippen molar-refractivity contribution in [3.05, 3.63) is 18.2 Å². The first-order chi connectivity index (χ1) is 16.0. The number of ether oxygens (including phenoxy) is 2. The standard InChI is InChI=1S/C20H28N6O5S2/c1-2-30-17-8-7-15(12-18(17)33(28,29)25-9-3-4-10-25)21-19(27)14-32-20-22-23-24-26(20)13-16-6-5-11-31-16/h7-8,12,16H,2-6,9-11,13-14H2,1H3,(H,21,27)/t16-/m1/s1. The van der Waals surface area contributed by atoms with Crippen LogP contribution in [0.3, 0.4) is 0 Å². The molecule has 3 heterocycles. The van der Waals surface area contributed by atoms with E-state index in [9.17, 15) is 13.2 Å². The van der Waals surface area contributed by atoms with Crippen molar-refractivity contribution in [3.8, 4) is 5.75 Å². The fourth-order valence-electron chi connectivity index (χ4n) is 3.85. The van der Waals surface area contributed by atoms with Crippen LogP contribution in [0, 0.1) is 0 Å². The number of amides is 1. The summed E-state index contributed by atoms with van der Waals surface area (Å²) in [6.07, 6.45) is 3.74. The van der Waals surface area contributed by atoms with Crippen LogP contribution >= 0.6 is 11.8 Å². The van der Waals surface area contributed by atoms with Crippen LogP contribution in [0.1, 0.15) is 32.6 Å². The number of nitrogens with one attached hydrogen (secondary N) is 1. The lowest BCUT2D eigenvalue weighted by Gasteiger charge is -2.19. The number of hydrogen-bond donors (Lipinski definition) is 1. The second-order valence-electron chi connectivity index (χ2n) is 7.82. The van der Waals surface area contributed by atoms with E-state index in [0.29, 0.717) is 37.1 Å². The molecule has 1 aromatic heterocycles. The minimum atomic E-state index is -3.70. The van der Waals surface area contributed by atoms with Crippen LogP contribution in [0.15, 0.2) is 28.3 Å². The molecule has 1 amide bonds. The Balaban J connectivity index is 1.41. The summed E-state index contributed by atoms with van der Waals surface area (Å²) in [4.78, 5) is 12.6. The predicted octanol–water partition coefficient (Wildman–Crippen LogP) is 1.77. The van der Waals surface area contributed by atoms with E-state index < -0.39 is 10.0 Å². The van der Waals surface area contributed by atoms with Gasteiger partial charge in [0.2, 0.25) is 21.1 Å². The van der Waals surface area contributed by atoms with Gasteiger partial charge >= 0.3 is 0 Å². The van der Waals surface area contributed by atoms with Gasteiger partial charge in [-0.15, -0.1) is 5.10 Å². The zero-order chi connectivity index (χ0) is 23.3. The number of carbonyl (C=O) groups excluding carboxylic acids is 1. The number of aromatic nitrogens is 4. The van der Waals surface area contributed by atoms with Crippen molar-refractivity contribution in [2.24, 2.45) is 0 Å².